The third kappa shape index (κ3) is 2.50. The molecule has 2 fully saturated rings. The van der Waals surface area contributed by atoms with Crippen LogP contribution in [0, 0.1) is 0 Å². The van der Waals surface area contributed by atoms with Gasteiger partial charge in [-0.2, -0.15) is 10.1 Å². The molecule has 1 spiro atoms. The Bertz CT molecular complexity index is 813. The van der Waals surface area contributed by atoms with Gasteiger partial charge in [0.15, 0.2) is 5.65 Å². The van der Waals surface area contributed by atoms with Gasteiger partial charge < -0.3 is 14.4 Å². The molecule has 0 bridgehead atoms. The van der Waals surface area contributed by atoms with Crippen LogP contribution < -0.4 is 10.5 Å². The van der Waals surface area contributed by atoms with Crippen LogP contribution in [0.5, 0.6) is 0 Å². The molecule has 24 heavy (non-hydrogen) atoms. The van der Waals surface area contributed by atoms with E-state index in [4.69, 9.17) is 14.5 Å². The fraction of sp³-hybridized carbons (Fsp3) is 0.688. The number of nitrogens with one attached hydrogen (secondary N) is 1. The maximum atomic E-state index is 12.5. The number of aromatic nitrogens is 4. The fourth-order valence-corrected chi connectivity index (χ4v) is 3.40. The Morgan fingerprint density at radius 1 is 1.33 bits per heavy atom. The van der Waals surface area contributed by atoms with Crippen LogP contribution in [0.3, 0.4) is 0 Å². The van der Waals surface area contributed by atoms with Crippen molar-refractivity contribution in [2.45, 2.75) is 38.3 Å². The molecule has 0 saturated carbocycles. The van der Waals surface area contributed by atoms with Crippen molar-refractivity contribution in [1.29, 1.82) is 0 Å². The van der Waals surface area contributed by atoms with Gasteiger partial charge >= 0.3 is 0 Å². The summed E-state index contributed by atoms with van der Waals surface area (Å²) in [6.45, 7) is 9.41. The van der Waals surface area contributed by atoms with Crippen LogP contribution in [0.2, 0.25) is 0 Å². The highest BCUT2D eigenvalue weighted by Crippen LogP contribution is 2.29. The Kier molecular flexibility index (Phi) is 3.43. The number of hydrogen-bond acceptors (Lipinski definition) is 6. The predicted octanol–water partition coefficient (Wildman–Crippen LogP) is 0.870. The number of fused-ring (bicyclic) bond motifs is 1. The molecule has 2 aliphatic heterocycles. The van der Waals surface area contributed by atoms with Gasteiger partial charge in [0.1, 0.15) is 11.0 Å². The number of H-pyrrole nitrogens is 1. The van der Waals surface area contributed by atoms with E-state index >= 15 is 0 Å². The summed E-state index contributed by atoms with van der Waals surface area (Å²) >= 11 is 0. The van der Waals surface area contributed by atoms with Gasteiger partial charge in [-0.1, -0.05) is 0 Å². The van der Waals surface area contributed by atoms with Crippen molar-refractivity contribution in [3.8, 4) is 0 Å². The normalized spacial score (nSPS) is 25.0. The summed E-state index contributed by atoms with van der Waals surface area (Å²) in [6, 6.07) is 0. The lowest BCUT2D eigenvalue weighted by atomic mass is 10.0. The van der Waals surface area contributed by atoms with Gasteiger partial charge in [-0.25, -0.2) is 4.68 Å². The molecule has 8 nitrogen and oxygen atoms in total. The SMILES string of the molecule is CC(C)(C)n1ncc2c(=O)[nH]c(N3CCOC4(CCOC4)C3)nc21. The molecule has 2 saturated heterocycles. The topological polar surface area (TPSA) is 85.3 Å². The van der Waals surface area contributed by atoms with Gasteiger partial charge in [0.2, 0.25) is 5.95 Å². The van der Waals surface area contributed by atoms with Crippen LogP contribution in [-0.4, -0.2) is 58.3 Å². The zero-order valence-electron chi connectivity index (χ0n) is 14.3. The lowest BCUT2D eigenvalue weighted by molar-refractivity contribution is -0.0583. The average molecular weight is 333 g/mol. The van der Waals surface area contributed by atoms with E-state index in [2.05, 4.69) is 15.0 Å². The van der Waals surface area contributed by atoms with Crippen molar-refractivity contribution in [2.75, 3.05) is 37.8 Å². The van der Waals surface area contributed by atoms with Crippen LogP contribution >= 0.6 is 0 Å². The number of rotatable bonds is 1. The minimum atomic E-state index is -0.282. The van der Waals surface area contributed by atoms with Gasteiger partial charge in [0.25, 0.3) is 5.56 Å². The molecule has 130 valence electrons. The highest BCUT2D eigenvalue weighted by atomic mass is 16.6. The molecular formula is C16H23N5O3. The van der Waals surface area contributed by atoms with Crippen molar-refractivity contribution in [3.63, 3.8) is 0 Å². The van der Waals surface area contributed by atoms with E-state index in [1.807, 2.05) is 20.8 Å². The first kappa shape index (κ1) is 15.6. The van der Waals surface area contributed by atoms with Crippen molar-refractivity contribution < 1.29 is 9.47 Å². The number of ether oxygens (including phenoxy) is 2. The maximum absolute atomic E-state index is 12.5. The van der Waals surface area contributed by atoms with E-state index in [9.17, 15) is 4.79 Å². The van der Waals surface area contributed by atoms with Crippen LogP contribution in [0.1, 0.15) is 27.2 Å². The number of nitrogens with zero attached hydrogens (tertiary/aromatic N) is 4. The molecule has 0 radical (unpaired) electrons. The lowest BCUT2D eigenvalue weighted by Gasteiger charge is -2.39. The minimum Gasteiger partial charge on any atom is -0.378 e. The highest BCUT2D eigenvalue weighted by Gasteiger charge is 2.41. The zero-order valence-corrected chi connectivity index (χ0v) is 14.3. The smallest absolute Gasteiger partial charge is 0.263 e. The third-order valence-electron chi connectivity index (χ3n) is 4.68. The summed E-state index contributed by atoms with van der Waals surface area (Å²) in [5.74, 6) is 0.577. The van der Waals surface area contributed by atoms with E-state index < -0.39 is 0 Å². The molecule has 4 heterocycles. The Hall–Kier alpha value is -1.93. The van der Waals surface area contributed by atoms with Crippen LogP contribution in [0.25, 0.3) is 11.0 Å². The Balaban J connectivity index is 1.75. The quantitative estimate of drug-likeness (QED) is 0.833. The Labute approximate surface area is 139 Å². The summed E-state index contributed by atoms with van der Waals surface area (Å²) in [7, 11) is 0. The molecule has 1 N–H and O–H groups in total. The van der Waals surface area contributed by atoms with Crippen LogP contribution in [0.15, 0.2) is 11.0 Å². The molecule has 0 aromatic carbocycles. The third-order valence-corrected chi connectivity index (χ3v) is 4.68. The summed E-state index contributed by atoms with van der Waals surface area (Å²) in [5, 5.41) is 4.87. The summed E-state index contributed by atoms with van der Waals surface area (Å²) in [6.07, 6.45) is 2.46. The largest absolute Gasteiger partial charge is 0.378 e. The molecule has 4 rings (SSSR count). The molecule has 2 aromatic rings. The number of hydrogen-bond donors (Lipinski definition) is 1. The van der Waals surface area contributed by atoms with Gasteiger partial charge in [-0.15, -0.1) is 0 Å². The van der Waals surface area contributed by atoms with Crippen molar-refractivity contribution in [1.82, 2.24) is 19.7 Å². The molecular weight excluding hydrogens is 310 g/mol. The van der Waals surface area contributed by atoms with Crippen molar-refractivity contribution in [3.05, 3.63) is 16.6 Å². The van der Waals surface area contributed by atoms with E-state index in [0.717, 1.165) is 6.42 Å². The van der Waals surface area contributed by atoms with E-state index in [0.29, 0.717) is 49.9 Å². The Morgan fingerprint density at radius 2 is 2.17 bits per heavy atom. The lowest BCUT2D eigenvalue weighted by Crippen LogP contribution is -2.53. The average Bonchev–Trinajstić information content (AvgIpc) is 3.14. The van der Waals surface area contributed by atoms with Gasteiger partial charge in [-0.05, 0) is 20.8 Å². The minimum absolute atomic E-state index is 0.159. The molecule has 1 unspecified atom stereocenters. The first-order valence-electron chi connectivity index (χ1n) is 8.33. The second kappa shape index (κ2) is 5.29. The highest BCUT2D eigenvalue weighted by molar-refractivity contribution is 5.74. The standard InChI is InChI=1S/C16H23N5O3/c1-15(2,3)21-12-11(8-17-21)13(22)19-14(18-12)20-5-7-24-16(9-20)4-6-23-10-16/h8H,4-7,9-10H2,1-3H3,(H,18,19,22). The predicted molar refractivity (Wildman–Crippen MR) is 89.5 cm³/mol. The molecule has 2 aliphatic rings. The summed E-state index contributed by atoms with van der Waals surface area (Å²) in [4.78, 5) is 22.2. The fourth-order valence-electron chi connectivity index (χ4n) is 3.40. The monoisotopic (exact) mass is 333 g/mol. The molecule has 2 aromatic heterocycles. The summed E-state index contributed by atoms with van der Waals surface area (Å²) in [5.41, 5.74) is -0.0698. The first-order valence-corrected chi connectivity index (χ1v) is 8.33. The maximum Gasteiger partial charge on any atom is 0.263 e. The summed E-state index contributed by atoms with van der Waals surface area (Å²) < 4.78 is 13.3. The number of aromatic amines is 1. The van der Waals surface area contributed by atoms with E-state index in [1.54, 1.807) is 10.9 Å². The van der Waals surface area contributed by atoms with Gasteiger partial charge in [0, 0.05) is 19.6 Å². The molecule has 0 aliphatic carbocycles. The van der Waals surface area contributed by atoms with Crippen LogP contribution in [0.4, 0.5) is 5.95 Å². The molecule has 8 heteroatoms. The molecule has 0 amide bonds. The molecule has 1 atom stereocenters. The van der Waals surface area contributed by atoms with E-state index in [1.165, 1.54) is 0 Å². The Morgan fingerprint density at radius 3 is 2.88 bits per heavy atom. The van der Waals surface area contributed by atoms with Crippen molar-refractivity contribution in [2.24, 2.45) is 0 Å². The van der Waals surface area contributed by atoms with E-state index in [-0.39, 0.29) is 16.7 Å². The first-order chi connectivity index (χ1) is 11.4. The second-order valence-electron chi connectivity index (χ2n) is 7.61. The zero-order chi connectivity index (χ0) is 16.9. The number of anilines is 1. The number of morpholine rings is 1. The van der Waals surface area contributed by atoms with Gasteiger partial charge in [-0.3, -0.25) is 9.78 Å². The second-order valence-corrected chi connectivity index (χ2v) is 7.61. The van der Waals surface area contributed by atoms with Crippen molar-refractivity contribution >= 4 is 17.0 Å². The van der Waals surface area contributed by atoms with Crippen LogP contribution in [-0.2, 0) is 15.0 Å². The van der Waals surface area contributed by atoms with Gasteiger partial charge in [0.05, 0.1) is 31.5 Å².